The SMILES string of the molecule is CCOc1cc(-c2oc3cc(OC)c(OCC)c(OCC)c3c(=O)c2OC)ccc1OC. The van der Waals surface area contributed by atoms with E-state index in [2.05, 4.69) is 0 Å². The van der Waals surface area contributed by atoms with Crippen LogP contribution in [0.1, 0.15) is 20.8 Å². The number of hydrogen-bond acceptors (Lipinski definition) is 8. The highest BCUT2D eigenvalue weighted by Gasteiger charge is 2.26. The molecule has 3 aromatic rings. The lowest BCUT2D eigenvalue weighted by atomic mass is 10.1. The van der Waals surface area contributed by atoms with Crippen molar-refractivity contribution < 1.29 is 32.8 Å². The van der Waals surface area contributed by atoms with E-state index in [1.807, 2.05) is 20.8 Å². The van der Waals surface area contributed by atoms with E-state index in [-0.39, 0.29) is 33.7 Å². The monoisotopic (exact) mass is 444 g/mol. The zero-order chi connectivity index (χ0) is 23.3. The summed E-state index contributed by atoms with van der Waals surface area (Å²) in [6, 6.07) is 6.86. The molecule has 172 valence electrons. The molecule has 1 heterocycles. The van der Waals surface area contributed by atoms with Crippen LogP contribution >= 0.6 is 0 Å². The van der Waals surface area contributed by atoms with Crippen molar-refractivity contribution in [3.05, 3.63) is 34.5 Å². The van der Waals surface area contributed by atoms with Crippen molar-refractivity contribution in [3.8, 4) is 45.8 Å². The van der Waals surface area contributed by atoms with Crippen LogP contribution in [0.3, 0.4) is 0 Å². The highest BCUT2D eigenvalue weighted by Crippen LogP contribution is 2.45. The molecule has 2 aromatic carbocycles. The van der Waals surface area contributed by atoms with Crippen molar-refractivity contribution in [3.63, 3.8) is 0 Å². The van der Waals surface area contributed by atoms with Gasteiger partial charge in [0.15, 0.2) is 28.8 Å². The molecule has 0 saturated carbocycles. The maximum atomic E-state index is 13.5. The predicted octanol–water partition coefficient (Wildman–Crippen LogP) is 4.68. The summed E-state index contributed by atoms with van der Waals surface area (Å²) < 4.78 is 39.7. The summed E-state index contributed by atoms with van der Waals surface area (Å²) in [5.41, 5.74) is 0.490. The second-order valence-electron chi connectivity index (χ2n) is 6.57. The minimum absolute atomic E-state index is 0.0404. The summed E-state index contributed by atoms with van der Waals surface area (Å²) in [5.74, 6) is 2.38. The van der Waals surface area contributed by atoms with Crippen LogP contribution < -0.4 is 33.8 Å². The number of rotatable bonds is 10. The lowest BCUT2D eigenvalue weighted by molar-refractivity contribution is 0.274. The molecule has 0 spiro atoms. The molecule has 0 aliphatic carbocycles. The van der Waals surface area contributed by atoms with Gasteiger partial charge in [-0.3, -0.25) is 4.79 Å². The Morgan fingerprint density at radius 1 is 0.719 bits per heavy atom. The summed E-state index contributed by atoms with van der Waals surface area (Å²) in [6.07, 6.45) is 0. The predicted molar refractivity (Wildman–Crippen MR) is 121 cm³/mol. The molecular formula is C24H28O8. The smallest absolute Gasteiger partial charge is 0.239 e. The molecule has 8 nitrogen and oxygen atoms in total. The Hall–Kier alpha value is -3.55. The molecule has 32 heavy (non-hydrogen) atoms. The minimum atomic E-state index is -0.385. The molecule has 0 radical (unpaired) electrons. The van der Waals surface area contributed by atoms with Crippen LogP contribution in [0.15, 0.2) is 33.5 Å². The van der Waals surface area contributed by atoms with Gasteiger partial charge in [0.05, 0.1) is 41.2 Å². The first-order chi connectivity index (χ1) is 15.5. The van der Waals surface area contributed by atoms with Crippen LogP contribution in [-0.4, -0.2) is 41.2 Å². The fraction of sp³-hybridized carbons (Fsp3) is 0.375. The van der Waals surface area contributed by atoms with Crippen LogP contribution in [0.5, 0.6) is 34.5 Å². The van der Waals surface area contributed by atoms with Crippen LogP contribution in [0.25, 0.3) is 22.3 Å². The van der Waals surface area contributed by atoms with Gasteiger partial charge in [0.25, 0.3) is 0 Å². The molecule has 0 atom stereocenters. The largest absolute Gasteiger partial charge is 0.493 e. The Kier molecular flexibility index (Phi) is 7.35. The van der Waals surface area contributed by atoms with Crippen molar-refractivity contribution >= 4 is 11.0 Å². The Bertz CT molecular complexity index is 1150. The van der Waals surface area contributed by atoms with Crippen molar-refractivity contribution in [1.29, 1.82) is 0 Å². The van der Waals surface area contributed by atoms with Crippen LogP contribution in [-0.2, 0) is 0 Å². The first kappa shape index (κ1) is 23.1. The first-order valence-corrected chi connectivity index (χ1v) is 10.4. The number of methoxy groups -OCH3 is 3. The van der Waals surface area contributed by atoms with Crippen molar-refractivity contribution in [2.45, 2.75) is 20.8 Å². The third kappa shape index (κ3) is 4.12. The molecule has 0 saturated heterocycles. The van der Waals surface area contributed by atoms with E-state index in [9.17, 15) is 4.79 Å². The van der Waals surface area contributed by atoms with Crippen LogP contribution in [0.4, 0.5) is 0 Å². The Morgan fingerprint density at radius 3 is 1.97 bits per heavy atom. The molecule has 8 heteroatoms. The molecular weight excluding hydrogens is 416 g/mol. The molecule has 0 aliphatic heterocycles. The summed E-state index contributed by atoms with van der Waals surface area (Å²) in [5, 5.41) is 0.218. The fourth-order valence-corrected chi connectivity index (χ4v) is 3.44. The molecule has 0 unspecified atom stereocenters. The molecule has 0 amide bonds. The number of fused-ring (bicyclic) bond motifs is 1. The normalized spacial score (nSPS) is 10.7. The second-order valence-corrected chi connectivity index (χ2v) is 6.57. The van der Waals surface area contributed by atoms with E-state index in [4.69, 9.17) is 32.8 Å². The van der Waals surface area contributed by atoms with E-state index < -0.39 is 0 Å². The summed E-state index contributed by atoms with van der Waals surface area (Å²) in [4.78, 5) is 13.5. The van der Waals surface area contributed by atoms with Gasteiger partial charge >= 0.3 is 0 Å². The van der Waals surface area contributed by atoms with E-state index in [1.165, 1.54) is 14.2 Å². The van der Waals surface area contributed by atoms with Gasteiger partial charge in [0, 0.05) is 11.6 Å². The number of hydrogen-bond donors (Lipinski definition) is 0. The zero-order valence-electron chi connectivity index (χ0n) is 19.2. The maximum Gasteiger partial charge on any atom is 0.239 e. The van der Waals surface area contributed by atoms with Gasteiger partial charge in [-0.05, 0) is 39.0 Å². The second kappa shape index (κ2) is 10.2. The Balaban J connectivity index is 2.36. The Morgan fingerprint density at radius 2 is 1.38 bits per heavy atom. The molecule has 0 aliphatic rings. The van der Waals surface area contributed by atoms with Crippen molar-refractivity contribution in [1.82, 2.24) is 0 Å². The highest BCUT2D eigenvalue weighted by molar-refractivity contribution is 5.92. The summed E-state index contributed by atoms with van der Waals surface area (Å²) in [7, 11) is 4.49. The summed E-state index contributed by atoms with van der Waals surface area (Å²) >= 11 is 0. The average Bonchev–Trinajstić information content (AvgIpc) is 2.80. The van der Waals surface area contributed by atoms with Crippen molar-refractivity contribution in [2.75, 3.05) is 41.2 Å². The molecule has 0 bridgehead atoms. The van der Waals surface area contributed by atoms with Crippen molar-refractivity contribution in [2.24, 2.45) is 0 Å². The minimum Gasteiger partial charge on any atom is -0.493 e. The lowest BCUT2D eigenvalue weighted by Gasteiger charge is -2.18. The first-order valence-electron chi connectivity index (χ1n) is 10.4. The van der Waals surface area contributed by atoms with Gasteiger partial charge < -0.3 is 32.8 Å². The third-order valence-corrected chi connectivity index (χ3v) is 4.74. The summed E-state index contributed by atoms with van der Waals surface area (Å²) in [6.45, 7) is 6.68. The van der Waals surface area contributed by atoms with Gasteiger partial charge in [-0.15, -0.1) is 0 Å². The van der Waals surface area contributed by atoms with Crippen LogP contribution in [0.2, 0.25) is 0 Å². The van der Waals surface area contributed by atoms with Gasteiger partial charge in [-0.2, -0.15) is 0 Å². The molecule has 0 fully saturated rings. The van der Waals surface area contributed by atoms with E-state index >= 15 is 0 Å². The van der Waals surface area contributed by atoms with Gasteiger partial charge in [0.1, 0.15) is 11.0 Å². The average molecular weight is 444 g/mol. The zero-order valence-corrected chi connectivity index (χ0v) is 19.2. The molecule has 0 N–H and O–H groups in total. The van der Waals surface area contributed by atoms with Gasteiger partial charge in [-0.1, -0.05) is 0 Å². The molecule has 1 aromatic heterocycles. The molecule has 3 rings (SSSR count). The Labute approximate surface area is 186 Å². The quantitative estimate of drug-likeness (QED) is 0.446. The topological polar surface area (TPSA) is 85.6 Å². The lowest BCUT2D eigenvalue weighted by Crippen LogP contribution is -2.11. The van der Waals surface area contributed by atoms with E-state index in [0.717, 1.165) is 0 Å². The van der Waals surface area contributed by atoms with Crippen LogP contribution in [0, 0.1) is 0 Å². The van der Waals surface area contributed by atoms with Gasteiger partial charge in [0.2, 0.25) is 16.9 Å². The standard InChI is InChI=1S/C24H28O8/c1-7-29-16-12-14(10-11-15(16)26-4)21-24(28-6)20(25)19-17(32-21)13-18(27-5)22(30-8-2)23(19)31-9-3/h10-13H,7-9H2,1-6H3. The van der Waals surface area contributed by atoms with E-state index in [0.29, 0.717) is 48.4 Å². The number of ether oxygens (including phenoxy) is 6. The van der Waals surface area contributed by atoms with E-state index in [1.54, 1.807) is 31.4 Å². The fourth-order valence-electron chi connectivity index (χ4n) is 3.44. The highest BCUT2D eigenvalue weighted by atomic mass is 16.5. The third-order valence-electron chi connectivity index (χ3n) is 4.74. The maximum absolute atomic E-state index is 13.5. The van der Waals surface area contributed by atoms with Gasteiger partial charge in [-0.25, -0.2) is 0 Å². The number of benzene rings is 2.